The minimum atomic E-state index is -4.67. The summed E-state index contributed by atoms with van der Waals surface area (Å²) in [6, 6.07) is 7.63. The van der Waals surface area contributed by atoms with Crippen LogP contribution in [0.15, 0.2) is 36.7 Å². The molecule has 0 amide bonds. The SMILES string of the molecule is FC(F)(F)Oc1ccc(CNc2cc(N3CCCC3)ncn2)cc1. The fourth-order valence-electron chi connectivity index (χ4n) is 2.56. The molecular formula is C16H17F3N4O. The standard InChI is InChI=1S/C16H17F3N4O/c17-16(18,19)24-13-5-3-12(4-6-13)10-20-14-9-15(22-11-21-14)23-7-1-2-8-23/h3-6,9,11H,1-2,7-8,10H2,(H,20,21,22). The summed E-state index contributed by atoms with van der Waals surface area (Å²) < 4.78 is 40.2. The molecule has 0 aliphatic carbocycles. The molecule has 1 aromatic carbocycles. The van der Waals surface area contributed by atoms with Gasteiger partial charge in [0.15, 0.2) is 0 Å². The highest BCUT2D eigenvalue weighted by Crippen LogP contribution is 2.23. The Labute approximate surface area is 137 Å². The summed E-state index contributed by atoms with van der Waals surface area (Å²) in [4.78, 5) is 10.6. The third-order valence-electron chi connectivity index (χ3n) is 3.71. The van der Waals surface area contributed by atoms with Gasteiger partial charge in [-0.2, -0.15) is 0 Å². The van der Waals surface area contributed by atoms with Crippen LogP contribution in [0.2, 0.25) is 0 Å². The monoisotopic (exact) mass is 338 g/mol. The van der Waals surface area contributed by atoms with E-state index in [2.05, 4.69) is 24.9 Å². The number of hydrogen-bond acceptors (Lipinski definition) is 5. The van der Waals surface area contributed by atoms with Crippen LogP contribution in [0.5, 0.6) is 5.75 Å². The first kappa shape index (κ1) is 16.4. The lowest BCUT2D eigenvalue weighted by Gasteiger charge is -2.16. The first-order valence-corrected chi connectivity index (χ1v) is 7.65. The zero-order valence-electron chi connectivity index (χ0n) is 12.9. The van der Waals surface area contributed by atoms with Gasteiger partial charge in [0, 0.05) is 25.7 Å². The van der Waals surface area contributed by atoms with Crippen molar-refractivity contribution < 1.29 is 17.9 Å². The molecule has 0 saturated carbocycles. The number of benzene rings is 1. The molecule has 24 heavy (non-hydrogen) atoms. The Kier molecular flexibility index (Phi) is 4.73. The van der Waals surface area contributed by atoms with Crippen molar-refractivity contribution in [3.8, 4) is 5.75 Å². The second kappa shape index (κ2) is 6.94. The van der Waals surface area contributed by atoms with Gasteiger partial charge < -0.3 is 15.0 Å². The van der Waals surface area contributed by atoms with Gasteiger partial charge in [-0.3, -0.25) is 0 Å². The minimum absolute atomic E-state index is 0.232. The predicted molar refractivity (Wildman–Crippen MR) is 83.9 cm³/mol. The number of anilines is 2. The number of rotatable bonds is 5. The summed E-state index contributed by atoms with van der Waals surface area (Å²) in [5, 5.41) is 3.15. The molecule has 2 heterocycles. The van der Waals surface area contributed by atoms with E-state index in [0.29, 0.717) is 12.4 Å². The molecule has 1 aliphatic rings. The lowest BCUT2D eigenvalue weighted by molar-refractivity contribution is -0.274. The molecule has 1 N–H and O–H groups in total. The second-order valence-corrected chi connectivity index (χ2v) is 5.50. The molecule has 2 aromatic rings. The maximum absolute atomic E-state index is 12.1. The van der Waals surface area contributed by atoms with Gasteiger partial charge in [0.1, 0.15) is 23.7 Å². The molecule has 8 heteroatoms. The first-order chi connectivity index (χ1) is 11.5. The van der Waals surface area contributed by atoms with E-state index in [4.69, 9.17) is 0 Å². The third kappa shape index (κ3) is 4.50. The molecule has 0 radical (unpaired) electrons. The van der Waals surface area contributed by atoms with Crippen LogP contribution in [0.1, 0.15) is 18.4 Å². The topological polar surface area (TPSA) is 50.3 Å². The van der Waals surface area contributed by atoms with E-state index in [9.17, 15) is 13.2 Å². The number of aromatic nitrogens is 2. The number of hydrogen-bond donors (Lipinski definition) is 1. The summed E-state index contributed by atoms with van der Waals surface area (Å²) in [6.07, 6.45) is -0.832. The Bertz CT molecular complexity index is 670. The average molecular weight is 338 g/mol. The summed E-state index contributed by atoms with van der Waals surface area (Å²) in [5.41, 5.74) is 0.825. The zero-order chi connectivity index (χ0) is 17.0. The van der Waals surface area contributed by atoms with E-state index in [1.807, 2.05) is 6.07 Å². The van der Waals surface area contributed by atoms with Crippen LogP contribution in [-0.2, 0) is 6.54 Å². The average Bonchev–Trinajstić information content (AvgIpc) is 3.08. The Balaban J connectivity index is 1.58. The molecule has 1 saturated heterocycles. The van der Waals surface area contributed by atoms with Crippen molar-refractivity contribution in [2.24, 2.45) is 0 Å². The molecule has 3 rings (SSSR count). The molecule has 1 fully saturated rings. The van der Waals surface area contributed by atoms with Crippen LogP contribution in [0.4, 0.5) is 24.8 Å². The number of halogens is 3. The van der Waals surface area contributed by atoms with Gasteiger partial charge in [-0.25, -0.2) is 9.97 Å². The summed E-state index contributed by atoms with van der Waals surface area (Å²) >= 11 is 0. The van der Waals surface area contributed by atoms with Crippen LogP contribution in [0, 0.1) is 0 Å². The quantitative estimate of drug-likeness (QED) is 0.903. The number of nitrogens with one attached hydrogen (secondary N) is 1. The number of alkyl halides is 3. The molecule has 0 bridgehead atoms. The van der Waals surface area contributed by atoms with E-state index in [-0.39, 0.29) is 5.75 Å². The van der Waals surface area contributed by atoms with Crippen molar-refractivity contribution >= 4 is 11.6 Å². The number of ether oxygens (including phenoxy) is 1. The lowest BCUT2D eigenvalue weighted by atomic mass is 10.2. The normalized spacial score (nSPS) is 14.7. The van der Waals surface area contributed by atoms with E-state index >= 15 is 0 Å². The second-order valence-electron chi connectivity index (χ2n) is 5.50. The van der Waals surface area contributed by atoms with Crippen molar-refractivity contribution in [3.05, 3.63) is 42.2 Å². The van der Waals surface area contributed by atoms with Gasteiger partial charge >= 0.3 is 6.36 Å². The van der Waals surface area contributed by atoms with Gasteiger partial charge in [0.2, 0.25) is 0 Å². The Morgan fingerprint density at radius 1 is 1.08 bits per heavy atom. The summed E-state index contributed by atoms with van der Waals surface area (Å²) in [7, 11) is 0. The highest BCUT2D eigenvalue weighted by Gasteiger charge is 2.30. The van der Waals surface area contributed by atoms with E-state index in [1.54, 1.807) is 12.1 Å². The van der Waals surface area contributed by atoms with Crippen molar-refractivity contribution in [2.75, 3.05) is 23.3 Å². The summed E-state index contributed by atoms with van der Waals surface area (Å²) in [6.45, 7) is 2.44. The molecule has 0 spiro atoms. The van der Waals surface area contributed by atoms with Crippen LogP contribution in [-0.4, -0.2) is 29.4 Å². The van der Waals surface area contributed by atoms with Gasteiger partial charge in [-0.15, -0.1) is 13.2 Å². The molecule has 128 valence electrons. The predicted octanol–water partition coefficient (Wildman–Crippen LogP) is 3.59. The smallest absolute Gasteiger partial charge is 0.406 e. The maximum Gasteiger partial charge on any atom is 0.573 e. The lowest BCUT2D eigenvalue weighted by Crippen LogP contribution is -2.19. The highest BCUT2D eigenvalue weighted by atomic mass is 19.4. The van der Waals surface area contributed by atoms with Gasteiger partial charge in [-0.05, 0) is 30.5 Å². The Hall–Kier alpha value is -2.51. The van der Waals surface area contributed by atoms with Crippen molar-refractivity contribution in [2.45, 2.75) is 25.7 Å². The van der Waals surface area contributed by atoms with Crippen molar-refractivity contribution in [1.82, 2.24) is 9.97 Å². The van der Waals surface area contributed by atoms with Crippen molar-refractivity contribution in [1.29, 1.82) is 0 Å². The highest BCUT2D eigenvalue weighted by molar-refractivity contribution is 5.49. The van der Waals surface area contributed by atoms with Crippen LogP contribution >= 0.6 is 0 Å². The first-order valence-electron chi connectivity index (χ1n) is 7.65. The van der Waals surface area contributed by atoms with E-state index in [1.165, 1.54) is 31.3 Å². The Morgan fingerprint density at radius 3 is 2.46 bits per heavy atom. The van der Waals surface area contributed by atoms with E-state index in [0.717, 1.165) is 24.5 Å². The molecule has 1 aliphatic heterocycles. The maximum atomic E-state index is 12.1. The molecule has 0 unspecified atom stereocenters. The van der Waals surface area contributed by atoms with E-state index < -0.39 is 6.36 Å². The molecular weight excluding hydrogens is 321 g/mol. The molecule has 0 atom stereocenters. The number of nitrogens with zero attached hydrogens (tertiary/aromatic N) is 3. The fraction of sp³-hybridized carbons (Fsp3) is 0.375. The molecule has 5 nitrogen and oxygen atoms in total. The molecule has 1 aromatic heterocycles. The van der Waals surface area contributed by atoms with Gasteiger partial charge in [0.05, 0.1) is 0 Å². The van der Waals surface area contributed by atoms with Crippen LogP contribution in [0.25, 0.3) is 0 Å². The largest absolute Gasteiger partial charge is 0.573 e. The van der Waals surface area contributed by atoms with Crippen LogP contribution in [0.3, 0.4) is 0 Å². The fourth-order valence-corrected chi connectivity index (χ4v) is 2.56. The minimum Gasteiger partial charge on any atom is -0.406 e. The van der Waals surface area contributed by atoms with Crippen LogP contribution < -0.4 is 15.0 Å². The van der Waals surface area contributed by atoms with Crippen molar-refractivity contribution in [3.63, 3.8) is 0 Å². The Morgan fingerprint density at radius 2 is 1.79 bits per heavy atom. The third-order valence-corrected chi connectivity index (χ3v) is 3.71. The van der Waals surface area contributed by atoms with Gasteiger partial charge in [0.25, 0.3) is 0 Å². The summed E-state index contributed by atoms with van der Waals surface area (Å²) in [5.74, 6) is 1.34. The van der Waals surface area contributed by atoms with Gasteiger partial charge in [-0.1, -0.05) is 12.1 Å². The zero-order valence-corrected chi connectivity index (χ0v) is 12.9.